The van der Waals surface area contributed by atoms with E-state index in [2.05, 4.69) is 40.8 Å². The van der Waals surface area contributed by atoms with E-state index in [9.17, 15) is 4.79 Å². The highest BCUT2D eigenvalue weighted by molar-refractivity contribution is 6.74. The normalized spacial score (nSPS) is 14.6. The minimum atomic E-state index is -1.56. The van der Waals surface area contributed by atoms with Crippen molar-refractivity contribution in [2.24, 2.45) is 5.92 Å². The van der Waals surface area contributed by atoms with Crippen LogP contribution in [0.5, 0.6) is 0 Å². The minimum Gasteiger partial charge on any atom is -0.417 e. The van der Waals surface area contributed by atoms with Crippen LogP contribution in [0.3, 0.4) is 0 Å². The predicted molar refractivity (Wildman–Crippen MR) is 81.5 cm³/mol. The van der Waals surface area contributed by atoms with Gasteiger partial charge in [-0.05, 0) is 37.4 Å². The summed E-state index contributed by atoms with van der Waals surface area (Å²) < 4.78 is 6.13. The van der Waals surface area contributed by atoms with Crippen LogP contribution in [-0.2, 0) is 9.22 Å². The Kier molecular flexibility index (Phi) is 7.38. The predicted octanol–water partition coefficient (Wildman–Crippen LogP) is 4.79. The summed E-state index contributed by atoms with van der Waals surface area (Å²) in [6.07, 6.45) is 4.15. The van der Waals surface area contributed by atoms with E-state index in [1.807, 2.05) is 0 Å². The van der Waals surface area contributed by atoms with Gasteiger partial charge in [0.2, 0.25) is 0 Å². The molecule has 0 N–H and O–H groups in total. The maximum Gasteiger partial charge on any atom is 0.191 e. The summed E-state index contributed by atoms with van der Waals surface area (Å²) in [6, 6.07) is 0. The third-order valence-corrected chi connectivity index (χ3v) is 8.53. The molecule has 0 radical (unpaired) electrons. The number of ketones is 1. The van der Waals surface area contributed by atoms with Crippen LogP contribution < -0.4 is 0 Å². The molecule has 0 bridgehead atoms. The average molecular weight is 273 g/mol. The van der Waals surface area contributed by atoms with Gasteiger partial charge in [0.15, 0.2) is 8.32 Å². The molecule has 108 valence electrons. The number of hydrogen-bond donors (Lipinski definition) is 0. The molecule has 18 heavy (non-hydrogen) atoms. The molecule has 0 aliphatic carbocycles. The molecule has 0 heterocycles. The van der Waals surface area contributed by atoms with Gasteiger partial charge in [-0.2, -0.15) is 0 Å². The van der Waals surface area contributed by atoms with Crippen molar-refractivity contribution in [3.05, 3.63) is 0 Å². The maximum absolute atomic E-state index is 11.0. The lowest BCUT2D eigenvalue weighted by Gasteiger charge is -2.36. The molecule has 0 amide bonds. The largest absolute Gasteiger partial charge is 0.417 e. The first kappa shape index (κ1) is 17.8. The van der Waals surface area contributed by atoms with E-state index < -0.39 is 8.32 Å². The van der Waals surface area contributed by atoms with Gasteiger partial charge in [-0.25, -0.2) is 0 Å². The molecule has 0 rings (SSSR count). The molecule has 0 aliphatic heterocycles. The van der Waals surface area contributed by atoms with Gasteiger partial charge in [0, 0.05) is 13.0 Å². The Morgan fingerprint density at radius 3 is 2.22 bits per heavy atom. The number of carbonyl (C=O) groups is 1. The van der Waals surface area contributed by atoms with Crippen LogP contribution in [0.25, 0.3) is 0 Å². The number of unbranched alkanes of at least 4 members (excludes halogenated alkanes) is 1. The van der Waals surface area contributed by atoms with Gasteiger partial charge in [-0.15, -0.1) is 0 Å². The van der Waals surface area contributed by atoms with Crippen LogP contribution in [0.2, 0.25) is 18.1 Å². The van der Waals surface area contributed by atoms with Gasteiger partial charge in [0.25, 0.3) is 0 Å². The zero-order chi connectivity index (χ0) is 14.4. The van der Waals surface area contributed by atoms with Gasteiger partial charge < -0.3 is 9.22 Å². The SMILES string of the molecule is CC(=O)C[C@H](C)CCCCO[Si](C)(C)C(C)(C)C. The number of rotatable bonds is 8. The Morgan fingerprint density at radius 2 is 1.78 bits per heavy atom. The van der Waals surface area contributed by atoms with Crippen LogP contribution >= 0.6 is 0 Å². The van der Waals surface area contributed by atoms with Crippen molar-refractivity contribution < 1.29 is 9.22 Å². The van der Waals surface area contributed by atoms with E-state index in [1.165, 1.54) is 6.42 Å². The third kappa shape index (κ3) is 7.32. The van der Waals surface area contributed by atoms with Crippen LogP contribution in [0.15, 0.2) is 0 Å². The van der Waals surface area contributed by atoms with Crippen molar-refractivity contribution in [2.45, 2.75) is 78.4 Å². The first-order valence-electron chi connectivity index (χ1n) is 7.19. The average Bonchev–Trinajstić information content (AvgIpc) is 2.13. The van der Waals surface area contributed by atoms with Gasteiger partial charge >= 0.3 is 0 Å². The lowest BCUT2D eigenvalue weighted by atomic mass is 9.99. The molecule has 0 aliphatic rings. The van der Waals surface area contributed by atoms with E-state index in [4.69, 9.17) is 4.43 Å². The molecule has 0 aromatic carbocycles. The second-order valence-electron chi connectivity index (χ2n) is 7.12. The van der Waals surface area contributed by atoms with E-state index in [1.54, 1.807) is 6.92 Å². The Hall–Kier alpha value is -0.153. The van der Waals surface area contributed by atoms with Crippen molar-refractivity contribution in [1.29, 1.82) is 0 Å². The maximum atomic E-state index is 11.0. The Labute approximate surface area is 115 Å². The van der Waals surface area contributed by atoms with Crippen LogP contribution in [0.1, 0.15) is 60.3 Å². The van der Waals surface area contributed by atoms with E-state index in [0.717, 1.165) is 25.9 Å². The van der Waals surface area contributed by atoms with Crippen LogP contribution in [0, 0.1) is 5.92 Å². The van der Waals surface area contributed by atoms with Crippen molar-refractivity contribution in [3.63, 3.8) is 0 Å². The van der Waals surface area contributed by atoms with Crippen molar-refractivity contribution in [2.75, 3.05) is 6.61 Å². The zero-order valence-corrected chi connectivity index (χ0v) is 14.4. The fraction of sp³-hybridized carbons (Fsp3) is 0.933. The van der Waals surface area contributed by atoms with Crippen LogP contribution in [-0.4, -0.2) is 20.7 Å². The fourth-order valence-corrected chi connectivity index (χ4v) is 2.82. The summed E-state index contributed by atoms with van der Waals surface area (Å²) in [5.41, 5.74) is 0. The summed E-state index contributed by atoms with van der Waals surface area (Å²) in [7, 11) is -1.56. The number of carbonyl (C=O) groups excluding carboxylic acids is 1. The van der Waals surface area contributed by atoms with E-state index >= 15 is 0 Å². The zero-order valence-electron chi connectivity index (χ0n) is 13.4. The molecule has 2 nitrogen and oxygen atoms in total. The van der Waals surface area contributed by atoms with E-state index in [0.29, 0.717) is 16.7 Å². The molecule has 0 saturated carbocycles. The van der Waals surface area contributed by atoms with Gasteiger partial charge in [-0.3, -0.25) is 0 Å². The molecule has 0 spiro atoms. The Balaban J connectivity index is 3.72. The lowest BCUT2D eigenvalue weighted by molar-refractivity contribution is -0.117. The highest BCUT2D eigenvalue weighted by Crippen LogP contribution is 2.36. The molecular weight excluding hydrogens is 240 g/mol. The van der Waals surface area contributed by atoms with Crippen molar-refractivity contribution in [3.8, 4) is 0 Å². The molecule has 0 saturated heterocycles. The van der Waals surface area contributed by atoms with Crippen LogP contribution in [0.4, 0.5) is 0 Å². The molecule has 0 aromatic heterocycles. The van der Waals surface area contributed by atoms with Crippen molar-refractivity contribution in [1.82, 2.24) is 0 Å². The molecular formula is C15H32O2Si. The Bertz CT molecular complexity index is 254. The number of hydrogen-bond acceptors (Lipinski definition) is 2. The van der Waals surface area contributed by atoms with Gasteiger partial charge in [-0.1, -0.05) is 40.5 Å². The number of Topliss-reactive ketones (excluding diaryl/α,β-unsaturated/α-hetero) is 1. The summed E-state index contributed by atoms with van der Waals surface area (Å²) in [6.45, 7) is 16.1. The second-order valence-corrected chi connectivity index (χ2v) is 11.9. The highest BCUT2D eigenvalue weighted by Gasteiger charge is 2.36. The fourth-order valence-electron chi connectivity index (χ4n) is 1.73. The summed E-state index contributed by atoms with van der Waals surface area (Å²) in [5.74, 6) is 0.829. The highest BCUT2D eigenvalue weighted by atomic mass is 28.4. The van der Waals surface area contributed by atoms with Gasteiger partial charge in [0.1, 0.15) is 5.78 Å². The molecule has 0 aromatic rings. The summed E-state index contributed by atoms with van der Waals surface area (Å²) >= 11 is 0. The summed E-state index contributed by atoms with van der Waals surface area (Å²) in [5, 5.41) is 0.301. The topological polar surface area (TPSA) is 26.3 Å². The molecule has 1 atom stereocenters. The lowest BCUT2D eigenvalue weighted by Crippen LogP contribution is -2.40. The molecule has 0 fully saturated rings. The second kappa shape index (κ2) is 7.44. The summed E-state index contributed by atoms with van der Waals surface area (Å²) in [4.78, 5) is 11.0. The Morgan fingerprint density at radius 1 is 1.22 bits per heavy atom. The van der Waals surface area contributed by atoms with Gasteiger partial charge in [0.05, 0.1) is 0 Å². The minimum absolute atomic E-state index is 0.301. The third-order valence-electron chi connectivity index (χ3n) is 4.00. The first-order chi connectivity index (χ1) is 8.06. The first-order valence-corrected chi connectivity index (χ1v) is 10.1. The molecule has 3 heteroatoms. The smallest absolute Gasteiger partial charge is 0.191 e. The standard InChI is InChI=1S/C15H32O2Si/c1-13(12-14(2)16)10-8-9-11-17-18(6,7)15(3,4)5/h13H,8-12H2,1-7H3/t13-/m1/s1. The molecule has 0 unspecified atom stereocenters. The van der Waals surface area contributed by atoms with Crippen molar-refractivity contribution >= 4 is 14.1 Å². The monoisotopic (exact) mass is 272 g/mol. The van der Waals surface area contributed by atoms with E-state index in [-0.39, 0.29) is 0 Å². The quantitative estimate of drug-likeness (QED) is 0.469.